The Labute approximate surface area is 180 Å². The molecule has 5 nitrogen and oxygen atoms in total. The van der Waals surface area contributed by atoms with Gasteiger partial charge in [0.1, 0.15) is 5.01 Å². The Kier molecular flexibility index (Phi) is 6.37. The molecule has 0 spiro atoms. The second kappa shape index (κ2) is 9.15. The third kappa shape index (κ3) is 5.10. The molecule has 2 aromatic heterocycles. The van der Waals surface area contributed by atoms with Gasteiger partial charge < -0.3 is 4.90 Å². The topological polar surface area (TPSA) is 49.3 Å². The van der Waals surface area contributed by atoms with Crippen molar-refractivity contribution in [3.63, 3.8) is 0 Å². The largest absolute Gasteiger partial charge is 0.341 e. The van der Waals surface area contributed by atoms with Crippen molar-refractivity contribution in [3.05, 3.63) is 57.0 Å². The number of carbonyl (C=O) groups is 1. The quantitative estimate of drug-likeness (QED) is 0.615. The highest BCUT2D eigenvalue weighted by Crippen LogP contribution is 2.28. The summed E-state index contributed by atoms with van der Waals surface area (Å²) in [7, 11) is 0. The van der Waals surface area contributed by atoms with E-state index in [1.165, 1.54) is 0 Å². The number of aromatic nitrogens is 2. The summed E-state index contributed by atoms with van der Waals surface area (Å²) in [6, 6.07) is 10.2. The van der Waals surface area contributed by atoms with Crippen molar-refractivity contribution in [2.75, 3.05) is 26.2 Å². The van der Waals surface area contributed by atoms with Crippen LogP contribution in [-0.2, 0) is 17.8 Å². The standard InChI is InChI=1S/C22H26N4OS2/c1-16-20(24-22(29-16)18-7-4-3-5-8-18)13-21(27)26-10-6-9-25(11-12-26)14-19-15-28-17(2)23-19/h3-5,7-8,15H,6,9-14H2,1-2H3. The normalized spacial score (nSPS) is 15.4. The Hall–Kier alpha value is -2.09. The maximum Gasteiger partial charge on any atom is 0.228 e. The van der Waals surface area contributed by atoms with Crippen LogP contribution in [-0.4, -0.2) is 51.9 Å². The second-order valence-electron chi connectivity index (χ2n) is 7.43. The lowest BCUT2D eigenvalue weighted by molar-refractivity contribution is -0.130. The van der Waals surface area contributed by atoms with Gasteiger partial charge in [0.2, 0.25) is 5.91 Å². The summed E-state index contributed by atoms with van der Waals surface area (Å²) in [5, 5.41) is 4.24. The van der Waals surface area contributed by atoms with E-state index < -0.39 is 0 Å². The van der Waals surface area contributed by atoms with E-state index >= 15 is 0 Å². The summed E-state index contributed by atoms with van der Waals surface area (Å²) in [5.41, 5.74) is 3.17. The molecule has 0 radical (unpaired) electrons. The van der Waals surface area contributed by atoms with E-state index in [1.807, 2.05) is 30.0 Å². The maximum atomic E-state index is 12.9. The number of nitrogens with zero attached hydrogens (tertiary/aromatic N) is 4. The highest BCUT2D eigenvalue weighted by molar-refractivity contribution is 7.15. The number of aryl methyl sites for hydroxylation is 2. The van der Waals surface area contributed by atoms with Crippen LogP contribution in [0.25, 0.3) is 10.6 Å². The summed E-state index contributed by atoms with van der Waals surface area (Å²) in [6.45, 7) is 8.48. The van der Waals surface area contributed by atoms with Gasteiger partial charge >= 0.3 is 0 Å². The second-order valence-corrected chi connectivity index (χ2v) is 9.70. The molecular formula is C22H26N4OS2. The minimum absolute atomic E-state index is 0.185. The summed E-state index contributed by atoms with van der Waals surface area (Å²) in [5.74, 6) is 0.185. The van der Waals surface area contributed by atoms with E-state index in [9.17, 15) is 4.79 Å². The van der Waals surface area contributed by atoms with Crippen molar-refractivity contribution in [2.45, 2.75) is 33.2 Å². The Bertz CT molecular complexity index is 966. The first-order valence-corrected chi connectivity index (χ1v) is 11.7. The molecule has 1 aliphatic heterocycles. The number of hydrogen-bond acceptors (Lipinski definition) is 6. The van der Waals surface area contributed by atoms with Crippen molar-refractivity contribution in [1.29, 1.82) is 0 Å². The van der Waals surface area contributed by atoms with Crippen LogP contribution in [0.2, 0.25) is 0 Å². The Morgan fingerprint density at radius 1 is 1.07 bits per heavy atom. The van der Waals surface area contributed by atoms with Crippen LogP contribution in [0.15, 0.2) is 35.7 Å². The van der Waals surface area contributed by atoms with Gasteiger partial charge in [-0.15, -0.1) is 22.7 Å². The highest BCUT2D eigenvalue weighted by atomic mass is 32.1. The first-order valence-electron chi connectivity index (χ1n) is 10.0. The number of carbonyl (C=O) groups excluding carboxylic acids is 1. The first-order chi connectivity index (χ1) is 14.1. The van der Waals surface area contributed by atoms with Gasteiger partial charge in [-0.25, -0.2) is 9.97 Å². The van der Waals surface area contributed by atoms with Gasteiger partial charge in [0, 0.05) is 48.5 Å². The molecule has 7 heteroatoms. The van der Waals surface area contributed by atoms with Gasteiger partial charge in [-0.3, -0.25) is 9.69 Å². The molecule has 0 bridgehead atoms. The van der Waals surface area contributed by atoms with Crippen LogP contribution in [0.1, 0.15) is 27.7 Å². The molecule has 1 aliphatic rings. The van der Waals surface area contributed by atoms with Crippen LogP contribution < -0.4 is 0 Å². The van der Waals surface area contributed by atoms with Crippen molar-refractivity contribution in [2.24, 2.45) is 0 Å². The monoisotopic (exact) mass is 426 g/mol. The molecule has 1 aromatic carbocycles. The third-order valence-corrected chi connectivity index (χ3v) is 7.11. The SMILES string of the molecule is Cc1nc(CN2CCCN(C(=O)Cc3nc(-c4ccccc4)sc3C)CC2)cs1. The highest BCUT2D eigenvalue weighted by Gasteiger charge is 2.22. The summed E-state index contributed by atoms with van der Waals surface area (Å²) in [6.07, 6.45) is 1.39. The van der Waals surface area contributed by atoms with Crippen molar-refractivity contribution >= 4 is 28.6 Å². The summed E-state index contributed by atoms with van der Waals surface area (Å²) >= 11 is 3.37. The molecule has 0 unspecified atom stereocenters. The van der Waals surface area contributed by atoms with E-state index in [4.69, 9.17) is 4.98 Å². The molecule has 3 heterocycles. The van der Waals surface area contributed by atoms with Crippen molar-refractivity contribution in [3.8, 4) is 10.6 Å². The first kappa shape index (κ1) is 20.2. The molecule has 1 amide bonds. The fourth-order valence-electron chi connectivity index (χ4n) is 3.64. The number of rotatable bonds is 5. The predicted octanol–water partition coefficient (Wildman–Crippen LogP) is 4.16. The minimum atomic E-state index is 0.185. The fourth-order valence-corrected chi connectivity index (χ4v) is 5.18. The van der Waals surface area contributed by atoms with Gasteiger partial charge in [0.25, 0.3) is 0 Å². The zero-order valence-corrected chi connectivity index (χ0v) is 18.6. The molecule has 0 saturated carbocycles. The van der Waals surface area contributed by atoms with Crippen molar-refractivity contribution in [1.82, 2.24) is 19.8 Å². The Morgan fingerprint density at radius 2 is 1.90 bits per heavy atom. The Balaban J connectivity index is 1.36. The maximum absolute atomic E-state index is 12.9. The van der Waals surface area contributed by atoms with E-state index in [0.717, 1.165) is 71.0 Å². The number of benzene rings is 1. The van der Waals surface area contributed by atoms with Crippen LogP contribution in [0.4, 0.5) is 0 Å². The lowest BCUT2D eigenvalue weighted by Crippen LogP contribution is -2.36. The van der Waals surface area contributed by atoms with Crippen LogP contribution >= 0.6 is 22.7 Å². The van der Waals surface area contributed by atoms with E-state index in [-0.39, 0.29) is 5.91 Å². The van der Waals surface area contributed by atoms with Gasteiger partial charge in [0.15, 0.2) is 0 Å². The van der Waals surface area contributed by atoms with Gasteiger partial charge in [0.05, 0.1) is 22.8 Å². The number of thiazole rings is 2. The van der Waals surface area contributed by atoms with Gasteiger partial charge in [-0.1, -0.05) is 30.3 Å². The van der Waals surface area contributed by atoms with Crippen molar-refractivity contribution < 1.29 is 4.79 Å². The van der Waals surface area contributed by atoms with Crippen LogP contribution in [0, 0.1) is 13.8 Å². The third-order valence-electron chi connectivity index (χ3n) is 5.23. The van der Waals surface area contributed by atoms with Crippen LogP contribution in [0.3, 0.4) is 0 Å². The Morgan fingerprint density at radius 3 is 2.66 bits per heavy atom. The van der Waals surface area contributed by atoms with E-state index in [0.29, 0.717) is 6.42 Å². The molecule has 0 N–H and O–H groups in total. The van der Waals surface area contributed by atoms with E-state index in [2.05, 4.69) is 34.3 Å². The molecule has 29 heavy (non-hydrogen) atoms. The molecule has 3 aromatic rings. The van der Waals surface area contributed by atoms with E-state index in [1.54, 1.807) is 22.7 Å². The summed E-state index contributed by atoms with van der Waals surface area (Å²) < 4.78 is 0. The number of hydrogen-bond donors (Lipinski definition) is 0. The van der Waals surface area contributed by atoms with Gasteiger partial charge in [-0.2, -0.15) is 0 Å². The number of amides is 1. The molecular weight excluding hydrogens is 400 g/mol. The minimum Gasteiger partial charge on any atom is -0.341 e. The zero-order valence-electron chi connectivity index (χ0n) is 16.9. The molecule has 0 aliphatic carbocycles. The molecule has 4 rings (SSSR count). The zero-order chi connectivity index (χ0) is 20.2. The average Bonchev–Trinajstić information content (AvgIpc) is 3.20. The molecule has 0 atom stereocenters. The molecule has 152 valence electrons. The average molecular weight is 427 g/mol. The van der Waals surface area contributed by atoms with Gasteiger partial charge in [-0.05, 0) is 20.3 Å². The summed E-state index contributed by atoms with van der Waals surface area (Å²) in [4.78, 5) is 27.8. The van der Waals surface area contributed by atoms with Crippen LogP contribution in [0.5, 0.6) is 0 Å². The smallest absolute Gasteiger partial charge is 0.228 e. The predicted molar refractivity (Wildman–Crippen MR) is 119 cm³/mol. The molecule has 1 fully saturated rings. The lowest BCUT2D eigenvalue weighted by atomic mass is 10.2. The molecule has 1 saturated heterocycles. The fraction of sp³-hybridized carbons (Fsp3) is 0.409. The lowest BCUT2D eigenvalue weighted by Gasteiger charge is -2.21.